The minimum absolute atomic E-state index is 0.111. The van der Waals surface area contributed by atoms with Crippen molar-refractivity contribution < 1.29 is 19.0 Å². The quantitative estimate of drug-likeness (QED) is 0.826. The van der Waals surface area contributed by atoms with E-state index in [9.17, 15) is 4.79 Å². The standard InChI is InChI=1S/C21H25NO4/c1-15-6-3-4-8-19(15)26-14-17-12-16(9-10-20(17)24-2)21(23)22-13-18-7-5-11-25-18/h3-4,6,8-10,12,18H,5,7,11,13-14H2,1-2H3,(H,22,23)/t18-/m1/s1. The number of hydrogen-bond acceptors (Lipinski definition) is 4. The molecule has 1 fully saturated rings. The molecule has 5 nitrogen and oxygen atoms in total. The molecule has 1 N–H and O–H groups in total. The second kappa shape index (κ2) is 8.72. The molecule has 138 valence electrons. The topological polar surface area (TPSA) is 56.8 Å². The molecule has 5 heteroatoms. The van der Waals surface area contributed by atoms with Crippen LogP contribution >= 0.6 is 0 Å². The van der Waals surface area contributed by atoms with Gasteiger partial charge in [0.2, 0.25) is 0 Å². The summed E-state index contributed by atoms with van der Waals surface area (Å²) in [6.07, 6.45) is 2.18. The highest BCUT2D eigenvalue weighted by atomic mass is 16.5. The lowest BCUT2D eigenvalue weighted by atomic mass is 10.1. The molecule has 0 radical (unpaired) electrons. The van der Waals surface area contributed by atoms with Crippen LogP contribution in [0.5, 0.6) is 11.5 Å². The van der Waals surface area contributed by atoms with Crippen molar-refractivity contribution in [3.63, 3.8) is 0 Å². The van der Waals surface area contributed by atoms with Gasteiger partial charge in [-0.2, -0.15) is 0 Å². The number of hydrogen-bond donors (Lipinski definition) is 1. The van der Waals surface area contributed by atoms with Crippen LogP contribution in [0.2, 0.25) is 0 Å². The van der Waals surface area contributed by atoms with Crippen LogP contribution in [0.3, 0.4) is 0 Å². The molecule has 0 bridgehead atoms. The maximum atomic E-state index is 12.4. The van der Waals surface area contributed by atoms with E-state index in [0.29, 0.717) is 24.5 Å². The Morgan fingerprint density at radius 2 is 2.08 bits per heavy atom. The predicted octanol–water partition coefficient (Wildman–Crippen LogP) is 3.49. The number of methoxy groups -OCH3 is 1. The summed E-state index contributed by atoms with van der Waals surface area (Å²) in [7, 11) is 1.61. The van der Waals surface area contributed by atoms with Crippen molar-refractivity contribution in [1.82, 2.24) is 5.32 Å². The molecular formula is C21H25NO4. The Morgan fingerprint density at radius 3 is 2.81 bits per heavy atom. The predicted molar refractivity (Wildman–Crippen MR) is 99.8 cm³/mol. The lowest BCUT2D eigenvalue weighted by molar-refractivity contribution is 0.0857. The summed E-state index contributed by atoms with van der Waals surface area (Å²) in [5, 5.41) is 2.94. The van der Waals surface area contributed by atoms with E-state index < -0.39 is 0 Å². The van der Waals surface area contributed by atoms with Gasteiger partial charge in [0, 0.05) is 24.3 Å². The fourth-order valence-electron chi connectivity index (χ4n) is 3.02. The van der Waals surface area contributed by atoms with E-state index in [2.05, 4.69) is 5.32 Å². The van der Waals surface area contributed by atoms with Crippen molar-refractivity contribution in [3.8, 4) is 11.5 Å². The van der Waals surface area contributed by atoms with E-state index in [0.717, 1.165) is 36.3 Å². The minimum atomic E-state index is -0.111. The first-order chi connectivity index (χ1) is 12.7. The smallest absolute Gasteiger partial charge is 0.251 e. The number of rotatable bonds is 7. The molecule has 0 unspecified atom stereocenters. The summed E-state index contributed by atoms with van der Waals surface area (Å²) >= 11 is 0. The molecule has 1 heterocycles. The Hall–Kier alpha value is -2.53. The van der Waals surface area contributed by atoms with Gasteiger partial charge in [-0.15, -0.1) is 0 Å². The van der Waals surface area contributed by atoms with Gasteiger partial charge in [-0.1, -0.05) is 18.2 Å². The Balaban J connectivity index is 1.67. The van der Waals surface area contributed by atoms with Crippen LogP contribution in [0.4, 0.5) is 0 Å². The van der Waals surface area contributed by atoms with Crippen LogP contribution < -0.4 is 14.8 Å². The number of amides is 1. The fourth-order valence-corrected chi connectivity index (χ4v) is 3.02. The summed E-state index contributed by atoms with van der Waals surface area (Å²) in [4.78, 5) is 12.4. The minimum Gasteiger partial charge on any atom is -0.496 e. The van der Waals surface area contributed by atoms with Gasteiger partial charge < -0.3 is 19.5 Å². The molecule has 1 saturated heterocycles. The molecule has 1 atom stereocenters. The summed E-state index contributed by atoms with van der Waals surface area (Å²) in [6, 6.07) is 13.2. The van der Waals surface area contributed by atoms with Gasteiger partial charge in [0.15, 0.2) is 0 Å². The summed E-state index contributed by atoms with van der Waals surface area (Å²) in [6.45, 7) is 3.66. The van der Waals surface area contributed by atoms with Gasteiger partial charge in [0.05, 0.1) is 13.2 Å². The molecule has 2 aromatic carbocycles. The molecule has 1 amide bonds. The van der Waals surface area contributed by atoms with Crippen molar-refractivity contribution in [2.75, 3.05) is 20.3 Å². The van der Waals surface area contributed by atoms with E-state index >= 15 is 0 Å². The van der Waals surface area contributed by atoms with Crippen molar-refractivity contribution in [2.24, 2.45) is 0 Å². The van der Waals surface area contributed by atoms with Crippen molar-refractivity contribution in [2.45, 2.75) is 32.5 Å². The Morgan fingerprint density at radius 1 is 1.23 bits per heavy atom. The molecule has 26 heavy (non-hydrogen) atoms. The van der Waals surface area contributed by atoms with Crippen LogP contribution in [-0.2, 0) is 11.3 Å². The number of carbonyl (C=O) groups excluding carboxylic acids is 1. The summed E-state index contributed by atoms with van der Waals surface area (Å²) < 4.78 is 16.9. The van der Waals surface area contributed by atoms with E-state index in [1.54, 1.807) is 19.2 Å². The van der Waals surface area contributed by atoms with Gasteiger partial charge in [-0.3, -0.25) is 4.79 Å². The van der Waals surface area contributed by atoms with E-state index in [-0.39, 0.29) is 12.0 Å². The summed E-state index contributed by atoms with van der Waals surface area (Å²) in [5.41, 5.74) is 2.49. The molecule has 0 saturated carbocycles. The molecule has 1 aliphatic rings. The van der Waals surface area contributed by atoms with Crippen LogP contribution in [0.1, 0.15) is 34.3 Å². The number of para-hydroxylation sites is 1. The molecule has 0 spiro atoms. The van der Waals surface area contributed by atoms with E-state index in [1.165, 1.54) is 0 Å². The highest BCUT2D eigenvalue weighted by Gasteiger charge is 2.17. The largest absolute Gasteiger partial charge is 0.496 e. The number of ether oxygens (including phenoxy) is 3. The third kappa shape index (κ3) is 4.55. The first-order valence-electron chi connectivity index (χ1n) is 8.92. The Bertz CT molecular complexity index is 753. The average molecular weight is 355 g/mol. The van der Waals surface area contributed by atoms with Crippen molar-refractivity contribution in [1.29, 1.82) is 0 Å². The second-order valence-electron chi connectivity index (χ2n) is 6.43. The molecule has 1 aliphatic heterocycles. The number of benzene rings is 2. The van der Waals surface area contributed by atoms with Crippen LogP contribution in [0.15, 0.2) is 42.5 Å². The lowest BCUT2D eigenvalue weighted by Gasteiger charge is -2.14. The van der Waals surface area contributed by atoms with Crippen molar-refractivity contribution in [3.05, 3.63) is 59.2 Å². The zero-order valence-corrected chi connectivity index (χ0v) is 15.3. The van der Waals surface area contributed by atoms with E-state index in [1.807, 2.05) is 37.3 Å². The normalized spacial score (nSPS) is 16.3. The highest BCUT2D eigenvalue weighted by Crippen LogP contribution is 2.24. The Labute approximate surface area is 154 Å². The third-order valence-corrected chi connectivity index (χ3v) is 4.53. The van der Waals surface area contributed by atoms with Crippen LogP contribution in [-0.4, -0.2) is 32.3 Å². The van der Waals surface area contributed by atoms with Gasteiger partial charge in [0.25, 0.3) is 5.91 Å². The third-order valence-electron chi connectivity index (χ3n) is 4.53. The first kappa shape index (κ1) is 18.3. The number of aryl methyl sites for hydroxylation is 1. The van der Waals surface area contributed by atoms with Gasteiger partial charge in [-0.25, -0.2) is 0 Å². The second-order valence-corrected chi connectivity index (χ2v) is 6.43. The SMILES string of the molecule is COc1ccc(C(=O)NC[C@H]2CCCO2)cc1COc1ccccc1C. The lowest BCUT2D eigenvalue weighted by Crippen LogP contribution is -2.31. The maximum Gasteiger partial charge on any atom is 0.251 e. The highest BCUT2D eigenvalue weighted by molar-refractivity contribution is 5.94. The zero-order valence-electron chi connectivity index (χ0n) is 15.3. The number of nitrogens with one attached hydrogen (secondary N) is 1. The zero-order chi connectivity index (χ0) is 18.4. The molecule has 0 aliphatic carbocycles. The molecular weight excluding hydrogens is 330 g/mol. The number of carbonyl (C=O) groups is 1. The van der Waals surface area contributed by atoms with E-state index in [4.69, 9.17) is 14.2 Å². The van der Waals surface area contributed by atoms with Gasteiger partial charge in [-0.05, 0) is 49.6 Å². The maximum absolute atomic E-state index is 12.4. The monoisotopic (exact) mass is 355 g/mol. The molecule has 3 rings (SSSR count). The van der Waals surface area contributed by atoms with Crippen molar-refractivity contribution >= 4 is 5.91 Å². The molecule has 0 aromatic heterocycles. The average Bonchev–Trinajstić information content (AvgIpc) is 3.19. The fraction of sp³-hybridized carbons (Fsp3) is 0.381. The Kier molecular flexibility index (Phi) is 6.12. The summed E-state index contributed by atoms with van der Waals surface area (Å²) in [5.74, 6) is 1.41. The van der Waals surface area contributed by atoms with Gasteiger partial charge in [0.1, 0.15) is 18.1 Å². The van der Waals surface area contributed by atoms with Gasteiger partial charge >= 0.3 is 0 Å². The van der Waals surface area contributed by atoms with Crippen LogP contribution in [0, 0.1) is 6.92 Å². The first-order valence-corrected chi connectivity index (χ1v) is 8.92. The molecule has 2 aromatic rings. The van der Waals surface area contributed by atoms with Crippen LogP contribution in [0.25, 0.3) is 0 Å².